The van der Waals surface area contributed by atoms with Crippen LogP contribution >= 0.6 is 7.82 Å². The van der Waals surface area contributed by atoms with Gasteiger partial charge in [0, 0.05) is 0 Å². The van der Waals surface area contributed by atoms with Gasteiger partial charge < -0.3 is 31.5 Å². The number of ether oxygens (including phenoxy) is 1. The van der Waals surface area contributed by atoms with Gasteiger partial charge in [0.2, 0.25) is 0 Å². The van der Waals surface area contributed by atoms with E-state index < -0.39 is 71.8 Å². The van der Waals surface area contributed by atoms with E-state index in [1.165, 1.54) is 0 Å². The highest BCUT2D eigenvalue weighted by molar-refractivity contribution is 7.49. The molecular weight excluding hydrogens is 648 g/mol. The molecule has 0 spiro atoms. The molecule has 14 heteroatoms. The third kappa shape index (κ3) is 13.0. The summed E-state index contributed by atoms with van der Waals surface area (Å²) in [6, 6.07) is 17.7. The molecule has 44 heavy (non-hydrogen) atoms. The zero-order chi connectivity index (χ0) is 33.0. The van der Waals surface area contributed by atoms with E-state index in [2.05, 4.69) is 78.6 Å². The smallest absolute Gasteiger partial charge is 0.409 e. The van der Waals surface area contributed by atoms with Gasteiger partial charge in [0.05, 0.1) is 6.61 Å². The standard InChI is InChI=1S/C30H53O9PSi4/c1-41(2,3)36-27-26(23-32-40(31,34-24-19-15-13-16-20-24)35-25-21-17-14-18-22-25)33-30(39-44(10,11)12)29(38-43(7,8)9)28(27)37-42(4,5)6/h13-22,26-30H,23H2,1-12H3/t26-,27-,28+,29-,30+/m1/s1. The number of phosphoric acid groups is 1. The van der Waals surface area contributed by atoms with Crippen LogP contribution in [0.2, 0.25) is 78.6 Å². The fourth-order valence-electron chi connectivity index (χ4n) is 4.54. The lowest BCUT2D eigenvalue weighted by molar-refractivity contribution is -0.268. The van der Waals surface area contributed by atoms with Crippen LogP contribution < -0.4 is 9.05 Å². The Balaban J connectivity index is 2.04. The van der Waals surface area contributed by atoms with Crippen LogP contribution in [0.5, 0.6) is 11.5 Å². The zero-order valence-electron chi connectivity index (χ0n) is 28.5. The second-order valence-corrected chi connectivity index (χ2v) is 34.3. The summed E-state index contributed by atoms with van der Waals surface area (Å²) in [4.78, 5) is 0. The van der Waals surface area contributed by atoms with Gasteiger partial charge in [-0.3, -0.25) is 4.52 Å². The van der Waals surface area contributed by atoms with Gasteiger partial charge in [-0.25, -0.2) is 4.57 Å². The number of para-hydroxylation sites is 2. The van der Waals surface area contributed by atoms with Gasteiger partial charge in [-0.05, 0) is 103 Å². The maximum absolute atomic E-state index is 14.2. The van der Waals surface area contributed by atoms with Crippen molar-refractivity contribution in [2.75, 3.05) is 6.61 Å². The molecule has 0 aliphatic carbocycles. The quantitative estimate of drug-likeness (QED) is 0.134. The summed E-state index contributed by atoms with van der Waals surface area (Å²) in [5.41, 5.74) is 0. The van der Waals surface area contributed by atoms with Crippen LogP contribution in [0.1, 0.15) is 0 Å². The fourth-order valence-corrected chi connectivity index (χ4v) is 9.91. The van der Waals surface area contributed by atoms with Crippen molar-refractivity contribution >= 4 is 41.1 Å². The molecule has 2 aromatic rings. The first-order valence-corrected chi connectivity index (χ1v) is 30.3. The van der Waals surface area contributed by atoms with Gasteiger partial charge in [0.1, 0.15) is 35.9 Å². The van der Waals surface area contributed by atoms with Crippen molar-refractivity contribution in [3.05, 3.63) is 60.7 Å². The minimum atomic E-state index is -4.19. The largest absolute Gasteiger partial charge is 0.587 e. The van der Waals surface area contributed by atoms with E-state index in [9.17, 15) is 4.57 Å². The number of benzene rings is 2. The SMILES string of the molecule is C[Si](C)(C)O[C@@H]1O[C@H](COP(=O)(Oc2ccccc2)Oc2ccccc2)[C@@H](O[Si](C)(C)C)[C@H](O[Si](C)(C)C)[C@H]1O[Si](C)(C)C. The summed E-state index contributed by atoms with van der Waals surface area (Å²) in [7, 11) is -12.7. The highest BCUT2D eigenvalue weighted by Gasteiger charge is 2.53. The number of hydrogen-bond donors (Lipinski definition) is 0. The lowest BCUT2D eigenvalue weighted by atomic mass is 9.99. The van der Waals surface area contributed by atoms with Crippen LogP contribution in [0.3, 0.4) is 0 Å². The van der Waals surface area contributed by atoms with Gasteiger partial charge in [-0.2, -0.15) is 0 Å². The molecule has 0 aromatic heterocycles. The molecule has 0 bridgehead atoms. The average Bonchev–Trinajstić information content (AvgIpc) is 2.85. The van der Waals surface area contributed by atoms with Crippen molar-refractivity contribution in [2.24, 2.45) is 0 Å². The molecule has 9 nitrogen and oxygen atoms in total. The summed E-state index contributed by atoms with van der Waals surface area (Å²) in [5, 5.41) is 0. The minimum absolute atomic E-state index is 0.150. The van der Waals surface area contributed by atoms with Crippen LogP contribution in [0.15, 0.2) is 60.7 Å². The predicted octanol–water partition coefficient (Wildman–Crippen LogP) is 8.51. The van der Waals surface area contributed by atoms with Crippen molar-refractivity contribution in [2.45, 2.75) is 109 Å². The van der Waals surface area contributed by atoms with E-state index in [4.69, 9.17) is 36.0 Å². The monoisotopic (exact) mass is 700 g/mol. The maximum atomic E-state index is 14.2. The molecule has 1 aliphatic heterocycles. The third-order valence-corrected chi connectivity index (χ3v) is 11.1. The predicted molar refractivity (Wildman–Crippen MR) is 185 cm³/mol. The first kappa shape index (κ1) is 37.4. The summed E-state index contributed by atoms with van der Waals surface area (Å²) in [6.07, 6.45) is -3.01. The Morgan fingerprint density at radius 2 is 0.955 bits per heavy atom. The van der Waals surface area contributed by atoms with E-state index >= 15 is 0 Å². The molecule has 1 saturated heterocycles. The van der Waals surface area contributed by atoms with Gasteiger partial charge in [-0.15, -0.1) is 0 Å². The van der Waals surface area contributed by atoms with Crippen LogP contribution in [-0.2, 0) is 31.5 Å². The molecule has 0 radical (unpaired) electrons. The molecule has 3 rings (SSSR count). The Hall–Kier alpha value is -1.10. The molecular formula is C30H53O9PSi4. The Kier molecular flexibility index (Phi) is 12.5. The molecule has 0 unspecified atom stereocenters. The van der Waals surface area contributed by atoms with Gasteiger partial charge in [0.15, 0.2) is 39.6 Å². The van der Waals surface area contributed by atoms with E-state index in [0.29, 0.717) is 11.5 Å². The number of rotatable bonds is 15. The molecule has 1 aliphatic rings. The normalized spacial score (nSPS) is 23.8. The summed E-state index contributed by atoms with van der Waals surface area (Å²) in [5.74, 6) is 0.712. The van der Waals surface area contributed by atoms with E-state index in [1.54, 1.807) is 48.5 Å². The topological polar surface area (TPSA) is 90.9 Å². The molecule has 248 valence electrons. The first-order valence-electron chi connectivity index (χ1n) is 15.2. The average molecular weight is 701 g/mol. The van der Waals surface area contributed by atoms with E-state index in [-0.39, 0.29) is 6.61 Å². The lowest BCUT2D eigenvalue weighted by Gasteiger charge is -2.51. The second-order valence-electron chi connectivity index (χ2n) is 14.9. The Morgan fingerprint density at radius 1 is 0.568 bits per heavy atom. The molecule has 0 N–H and O–H groups in total. The van der Waals surface area contributed by atoms with Gasteiger partial charge in [-0.1, -0.05) is 36.4 Å². The minimum Gasteiger partial charge on any atom is -0.409 e. The van der Waals surface area contributed by atoms with Crippen molar-refractivity contribution in [3.8, 4) is 11.5 Å². The summed E-state index contributed by atoms with van der Waals surface area (Å²) >= 11 is 0. The first-order chi connectivity index (χ1) is 20.1. The van der Waals surface area contributed by atoms with Crippen molar-refractivity contribution in [3.63, 3.8) is 0 Å². The van der Waals surface area contributed by atoms with Crippen molar-refractivity contribution in [1.29, 1.82) is 0 Å². The Morgan fingerprint density at radius 3 is 1.36 bits per heavy atom. The molecule has 0 amide bonds. The van der Waals surface area contributed by atoms with Crippen LogP contribution in [0, 0.1) is 0 Å². The zero-order valence-corrected chi connectivity index (χ0v) is 33.4. The highest BCUT2D eigenvalue weighted by Crippen LogP contribution is 2.50. The fraction of sp³-hybridized carbons (Fsp3) is 0.600. The third-order valence-electron chi connectivity index (χ3n) is 5.85. The number of hydrogen-bond acceptors (Lipinski definition) is 9. The highest BCUT2D eigenvalue weighted by atomic mass is 31.2. The van der Waals surface area contributed by atoms with E-state index in [1.807, 2.05) is 12.1 Å². The van der Waals surface area contributed by atoms with Crippen molar-refractivity contribution < 1.29 is 40.6 Å². The molecule has 1 fully saturated rings. The summed E-state index contributed by atoms with van der Waals surface area (Å²) in [6.45, 7) is 25.4. The maximum Gasteiger partial charge on any atom is 0.587 e. The number of phosphoric ester groups is 1. The molecule has 5 atom stereocenters. The van der Waals surface area contributed by atoms with Crippen LogP contribution in [-0.4, -0.2) is 70.6 Å². The van der Waals surface area contributed by atoms with Crippen LogP contribution in [0.25, 0.3) is 0 Å². The Labute approximate surface area is 269 Å². The summed E-state index contributed by atoms with van der Waals surface area (Å²) < 4.78 is 66.0. The van der Waals surface area contributed by atoms with Crippen LogP contribution in [0.4, 0.5) is 0 Å². The Bertz CT molecular complexity index is 1170. The van der Waals surface area contributed by atoms with Gasteiger partial charge >= 0.3 is 7.82 Å². The molecule has 0 saturated carbocycles. The molecule has 2 aromatic carbocycles. The van der Waals surface area contributed by atoms with Crippen molar-refractivity contribution in [1.82, 2.24) is 0 Å². The van der Waals surface area contributed by atoms with E-state index in [0.717, 1.165) is 0 Å². The van der Waals surface area contributed by atoms with Gasteiger partial charge in [0.25, 0.3) is 0 Å². The lowest BCUT2D eigenvalue weighted by Crippen LogP contribution is -2.67. The second kappa shape index (κ2) is 14.8. The molecule has 1 heterocycles.